The molecule has 2 rings (SSSR count). The molecule has 0 aliphatic rings. The van der Waals surface area contributed by atoms with Crippen molar-refractivity contribution in [3.05, 3.63) is 57.8 Å². The van der Waals surface area contributed by atoms with E-state index in [9.17, 15) is 9.50 Å². The molecule has 2 aromatic rings. The van der Waals surface area contributed by atoms with Gasteiger partial charge in [0.25, 0.3) is 0 Å². The van der Waals surface area contributed by atoms with Crippen LogP contribution >= 0.6 is 15.9 Å². The van der Waals surface area contributed by atoms with Crippen LogP contribution in [-0.2, 0) is 6.54 Å². The maximum absolute atomic E-state index is 13.1. The highest BCUT2D eigenvalue weighted by molar-refractivity contribution is 9.10. The quantitative estimate of drug-likeness (QED) is 0.890. The summed E-state index contributed by atoms with van der Waals surface area (Å²) in [6, 6.07) is 10.3. The van der Waals surface area contributed by atoms with Crippen molar-refractivity contribution in [1.82, 2.24) is 0 Å². The number of benzene rings is 2. The zero-order chi connectivity index (χ0) is 13.1. The van der Waals surface area contributed by atoms with Gasteiger partial charge in [-0.25, -0.2) is 4.39 Å². The number of halogens is 2. The number of nitrogens with one attached hydrogen (secondary N) is 1. The number of phenols is 1. The first kappa shape index (κ1) is 12.9. The Morgan fingerprint density at radius 2 is 2.00 bits per heavy atom. The normalized spacial score (nSPS) is 10.4. The number of hydrogen-bond acceptors (Lipinski definition) is 2. The van der Waals surface area contributed by atoms with Crippen molar-refractivity contribution in [2.24, 2.45) is 0 Å². The van der Waals surface area contributed by atoms with Gasteiger partial charge in [-0.2, -0.15) is 0 Å². The summed E-state index contributed by atoms with van der Waals surface area (Å²) < 4.78 is 13.5. The summed E-state index contributed by atoms with van der Waals surface area (Å²) in [5.74, 6) is -0.00739. The molecular formula is C14H13BrFNO. The summed E-state index contributed by atoms with van der Waals surface area (Å²) in [5.41, 5.74) is 2.63. The lowest BCUT2D eigenvalue weighted by Gasteiger charge is -2.08. The summed E-state index contributed by atoms with van der Waals surface area (Å²) in [4.78, 5) is 0. The van der Waals surface area contributed by atoms with E-state index in [1.807, 2.05) is 19.1 Å². The second-order valence-corrected chi connectivity index (χ2v) is 4.96. The highest BCUT2D eigenvalue weighted by Gasteiger charge is 2.01. The largest absolute Gasteiger partial charge is 0.508 e. The van der Waals surface area contributed by atoms with E-state index in [1.165, 1.54) is 6.07 Å². The number of rotatable bonds is 3. The number of aryl methyl sites for hydroxylation is 1. The van der Waals surface area contributed by atoms with Gasteiger partial charge in [0.05, 0.1) is 4.47 Å². The molecule has 0 bridgehead atoms. The minimum atomic E-state index is -0.272. The van der Waals surface area contributed by atoms with Gasteiger partial charge in [-0.1, -0.05) is 12.1 Å². The molecule has 0 saturated carbocycles. The molecule has 4 heteroatoms. The van der Waals surface area contributed by atoms with E-state index < -0.39 is 0 Å². The average Bonchev–Trinajstić information content (AvgIpc) is 2.35. The van der Waals surface area contributed by atoms with Crippen LogP contribution in [0.2, 0.25) is 0 Å². The Balaban J connectivity index is 2.06. The molecule has 0 atom stereocenters. The highest BCUT2D eigenvalue weighted by Crippen LogP contribution is 2.22. The van der Waals surface area contributed by atoms with E-state index in [0.717, 1.165) is 16.8 Å². The van der Waals surface area contributed by atoms with Crippen molar-refractivity contribution >= 4 is 21.6 Å². The molecule has 2 aromatic carbocycles. The summed E-state index contributed by atoms with van der Waals surface area (Å²) in [6.07, 6.45) is 0. The minimum Gasteiger partial charge on any atom is -0.508 e. The molecule has 0 saturated heterocycles. The summed E-state index contributed by atoms with van der Waals surface area (Å²) in [7, 11) is 0. The number of hydrogen-bond donors (Lipinski definition) is 2. The standard InChI is InChI=1S/C14H13BrFNO/c1-9-2-4-11(7-14(9)18)17-8-10-3-5-13(16)12(15)6-10/h2-7,17-18H,8H2,1H3. The lowest BCUT2D eigenvalue weighted by molar-refractivity contribution is 0.471. The molecule has 2 N–H and O–H groups in total. The second kappa shape index (κ2) is 5.40. The molecule has 0 aliphatic carbocycles. The van der Waals surface area contributed by atoms with Crippen LogP contribution in [0.15, 0.2) is 40.9 Å². The van der Waals surface area contributed by atoms with Gasteiger partial charge in [-0.15, -0.1) is 0 Å². The average molecular weight is 310 g/mol. The van der Waals surface area contributed by atoms with Gasteiger partial charge < -0.3 is 10.4 Å². The Bertz CT molecular complexity index is 520. The van der Waals surface area contributed by atoms with Crippen LogP contribution in [0.1, 0.15) is 11.1 Å². The van der Waals surface area contributed by atoms with Gasteiger partial charge in [0.1, 0.15) is 11.6 Å². The Morgan fingerprint density at radius 1 is 1.22 bits per heavy atom. The number of anilines is 1. The molecular weight excluding hydrogens is 297 g/mol. The lowest BCUT2D eigenvalue weighted by atomic mass is 10.2. The number of phenolic OH excluding ortho intramolecular Hbond substituents is 1. The van der Waals surface area contributed by atoms with Crippen LogP contribution in [0.3, 0.4) is 0 Å². The molecule has 0 radical (unpaired) electrons. The zero-order valence-electron chi connectivity index (χ0n) is 9.87. The smallest absolute Gasteiger partial charge is 0.137 e. The first-order chi connectivity index (χ1) is 8.56. The van der Waals surface area contributed by atoms with Gasteiger partial charge in [0.2, 0.25) is 0 Å². The van der Waals surface area contributed by atoms with Gasteiger partial charge >= 0.3 is 0 Å². The molecule has 0 amide bonds. The predicted octanol–water partition coefficient (Wildman–Crippen LogP) is 4.21. The van der Waals surface area contributed by atoms with Crippen LogP contribution in [0.4, 0.5) is 10.1 Å². The minimum absolute atomic E-state index is 0.264. The summed E-state index contributed by atoms with van der Waals surface area (Å²) in [5, 5.41) is 12.8. The fourth-order valence-electron chi connectivity index (χ4n) is 1.57. The Hall–Kier alpha value is -1.55. The van der Waals surface area contributed by atoms with Crippen molar-refractivity contribution in [2.45, 2.75) is 13.5 Å². The van der Waals surface area contributed by atoms with Crippen molar-refractivity contribution in [3.63, 3.8) is 0 Å². The van der Waals surface area contributed by atoms with Gasteiger partial charge in [-0.3, -0.25) is 0 Å². The third-order valence-corrected chi connectivity index (χ3v) is 3.30. The van der Waals surface area contributed by atoms with Crippen LogP contribution in [0, 0.1) is 12.7 Å². The lowest BCUT2D eigenvalue weighted by Crippen LogP contribution is -1.99. The van der Waals surface area contributed by atoms with E-state index in [1.54, 1.807) is 18.2 Å². The predicted molar refractivity (Wildman–Crippen MR) is 74.3 cm³/mol. The third kappa shape index (κ3) is 3.01. The second-order valence-electron chi connectivity index (χ2n) is 4.10. The fourth-order valence-corrected chi connectivity index (χ4v) is 2.00. The van der Waals surface area contributed by atoms with E-state index in [4.69, 9.17) is 0 Å². The van der Waals surface area contributed by atoms with Gasteiger partial charge in [-0.05, 0) is 52.2 Å². The van der Waals surface area contributed by atoms with Crippen molar-refractivity contribution < 1.29 is 9.50 Å². The van der Waals surface area contributed by atoms with Gasteiger partial charge in [0, 0.05) is 18.3 Å². The topological polar surface area (TPSA) is 32.3 Å². The summed E-state index contributed by atoms with van der Waals surface area (Å²) >= 11 is 3.15. The van der Waals surface area contributed by atoms with Crippen LogP contribution in [0.5, 0.6) is 5.75 Å². The first-order valence-corrected chi connectivity index (χ1v) is 6.33. The number of aromatic hydroxyl groups is 1. The van der Waals surface area contributed by atoms with Crippen LogP contribution < -0.4 is 5.32 Å². The van der Waals surface area contributed by atoms with Gasteiger partial charge in [0.15, 0.2) is 0 Å². The van der Waals surface area contributed by atoms with Crippen molar-refractivity contribution in [1.29, 1.82) is 0 Å². The maximum Gasteiger partial charge on any atom is 0.137 e. The van der Waals surface area contributed by atoms with Crippen molar-refractivity contribution in [3.8, 4) is 5.75 Å². The monoisotopic (exact) mass is 309 g/mol. The fraction of sp³-hybridized carbons (Fsp3) is 0.143. The SMILES string of the molecule is Cc1ccc(NCc2ccc(F)c(Br)c2)cc1O. The highest BCUT2D eigenvalue weighted by atomic mass is 79.9. The van der Waals surface area contributed by atoms with E-state index >= 15 is 0 Å². The molecule has 0 heterocycles. The van der Waals surface area contributed by atoms with Crippen LogP contribution in [-0.4, -0.2) is 5.11 Å². The summed E-state index contributed by atoms with van der Waals surface area (Å²) in [6.45, 7) is 2.41. The van der Waals surface area contributed by atoms with E-state index in [-0.39, 0.29) is 11.6 Å². The molecule has 2 nitrogen and oxygen atoms in total. The molecule has 0 spiro atoms. The Labute approximate surface area is 114 Å². The van der Waals surface area contributed by atoms with Crippen LogP contribution in [0.25, 0.3) is 0 Å². The molecule has 0 fully saturated rings. The molecule has 0 aromatic heterocycles. The Morgan fingerprint density at radius 3 is 2.67 bits per heavy atom. The molecule has 94 valence electrons. The van der Waals surface area contributed by atoms with E-state index in [2.05, 4.69) is 21.2 Å². The molecule has 0 aliphatic heterocycles. The molecule has 18 heavy (non-hydrogen) atoms. The zero-order valence-corrected chi connectivity index (χ0v) is 11.5. The maximum atomic E-state index is 13.1. The van der Waals surface area contributed by atoms with Crippen molar-refractivity contribution in [2.75, 3.05) is 5.32 Å². The van der Waals surface area contributed by atoms with E-state index in [0.29, 0.717) is 11.0 Å². The Kier molecular flexibility index (Phi) is 3.87. The first-order valence-electron chi connectivity index (χ1n) is 5.53. The molecule has 0 unspecified atom stereocenters. The third-order valence-electron chi connectivity index (χ3n) is 2.69.